The largest absolute Gasteiger partial charge is 0.476 e. The molecule has 0 aliphatic heterocycles. The van der Waals surface area contributed by atoms with E-state index in [1.165, 1.54) is 30.5 Å². The van der Waals surface area contributed by atoms with Gasteiger partial charge in [0.1, 0.15) is 5.58 Å². The average molecular weight is 498 g/mol. The second-order valence-corrected chi connectivity index (χ2v) is 7.58. The number of hydrogen-bond donors (Lipinski definition) is 1. The first-order chi connectivity index (χ1) is 15.6. The number of fused-ring (bicyclic) bond motifs is 1. The average Bonchev–Trinajstić information content (AvgIpc) is 3.29. The Hall–Kier alpha value is -3.43. The van der Waals surface area contributed by atoms with Crippen LogP contribution in [-0.2, 0) is 11.0 Å². The van der Waals surface area contributed by atoms with E-state index in [9.17, 15) is 22.8 Å². The van der Waals surface area contributed by atoms with Crippen molar-refractivity contribution in [2.45, 2.75) is 6.18 Å². The zero-order valence-corrected chi connectivity index (χ0v) is 17.8. The maximum Gasteiger partial charge on any atom is 0.416 e. The number of carbonyl (C=O) groups is 1. The highest BCUT2D eigenvalue weighted by Gasteiger charge is 2.31. The number of amides is 1. The van der Waals surface area contributed by atoms with Crippen LogP contribution in [0.15, 0.2) is 68.4 Å². The Balaban J connectivity index is 1.63. The molecule has 0 spiro atoms. The fourth-order valence-electron chi connectivity index (χ4n) is 2.97. The van der Waals surface area contributed by atoms with Gasteiger partial charge in [0.2, 0.25) is 16.9 Å². The number of furan rings is 1. The number of hydrogen-bond acceptors (Lipinski definition) is 5. The quantitative estimate of drug-likeness (QED) is 0.345. The molecule has 0 radical (unpaired) electrons. The highest BCUT2D eigenvalue weighted by molar-refractivity contribution is 6.33. The van der Waals surface area contributed by atoms with Crippen LogP contribution < -0.4 is 15.5 Å². The molecule has 2 aromatic heterocycles. The number of ether oxygens (including phenoxy) is 1. The smallest absolute Gasteiger partial charge is 0.416 e. The number of nitrogens with one attached hydrogen (secondary N) is 1. The molecule has 1 N–H and O–H groups in total. The lowest BCUT2D eigenvalue weighted by atomic mass is 10.2. The second kappa shape index (κ2) is 8.84. The third-order valence-corrected chi connectivity index (χ3v) is 5.04. The van der Waals surface area contributed by atoms with Crippen molar-refractivity contribution in [1.82, 2.24) is 0 Å². The first kappa shape index (κ1) is 22.8. The van der Waals surface area contributed by atoms with E-state index in [-0.39, 0.29) is 44.0 Å². The summed E-state index contributed by atoms with van der Waals surface area (Å²) in [5, 5.41) is 2.52. The lowest BCUT2D eigenvalue weighted by Crippen LogP contribution is -2.23. The Bertz CT molecular complexity index is 1400. The summed E-state index contributed by atoms with van der Waals surface area (Å²) in [7, 11) is 0. The lowest BCUT2D eigenvalue weighted by molar-refractivity contribution is -0.137. The number of rotatable bonds is 5. The Labute approximate surface area is 193 Å². The van der Waals surface area contributed by atoms with Crippen molar-refractivity contribution in [2.75, 3.05) is 11.9 Å². The maximum atomic E-state index is 13.0. The predicted molar refractivity (Wildman–Crippen MR) is 116 cm³/mol. The molecule has 2 aromatic carbocycles. The summed E-state index contributed by atoms with van der Waals surface area (Å²) in [6, 6.07) is 9.99. The molecule has 0 aliphatic rings. The van der Waals surface area contributed by atoms with E-state index >= 15 is 0 Å². The predicted octanol–water partition coefficient (Wildman–Crippen LogP) is 6.40. The van der Waals surface area contributed by atoms with Gasteiger partial charge in [0.25, 0.3) is 5.91 Å². The zero-order valence-electron chi connectivity index (χ0n) is 16.3. The van der Waals surface area contributed by atoms with Gasteiger partial charge < -0.3 is 18.9 Å². The van der Waals surface area contributed by atoms with Gasteiger partial charge in [-0.05, 0) is 48.5 Å². The molecule has 170 valence electrons. The molecular formula is C22H12Cl2F3NO5. The molecule has 33 heavy (non-hydrogen) atoms. The monoisotopic (exact) mass is 497 g/mol. The molecule has 0 unspecified atom stereocenters. The van der Waals surface area contributed by atoms with Crippen molar-refractivity contribution in [1.29, 1.82) is 0 Å². The van der Waals surface area contributed by atoms with Gasteiger partial charge in [0.05, 0.1) is 27.9 Å². The lowest BCUT2D eigenvalue weighted by Gasteiger charge is -2.13. The first-order valence-corrected chi connectivity index (χ1v) is 9.98. The number of halogens is 5. The molecule has 6 nitrogen and oxygen atoms in total. The molecule has 0 saturated heterocycles. The van der Waals surface area contributed by atoms with Gasteiger partial charge in [0.15, 0.2) is 12.4 Å². The summed E-state index contributed by atoms with van der Waals surface area (Å²) in [5.74, 6) is -1.08. The van der Waals surface area contributed by atoms with Crippen LogP contribution in [-0.4, -0.2) is 12.5 Å². The van der Waals surface area contributed by atoms with Gasteiger partial charge in [-0.25, -0.2) is 0 Å². The second-order valence-electron chi connectivity index (χ2n) is 6.74. The summed E-state index contributed by atoms with van der Waals surface area (Å²) in [6.07, 6.45) is -3.27. The SMILES string of the molecule is O=C(COc1c(-c2ccco2)oc2ccc(Cl)cc2c1=O)Nc1cc(C(F)(F)F)ccc1Cl. The van der Waals surface area contributed by atoms with Gasteiger partial charge in [-0.2, -0.15) is 13.2 Å². The minimum Gasteiger partial charge on any atom is -0.476 e. The number of carbonyl (C=O) groups excluding carboxylic acids is 1. The fourth-order valence-corrected chi connectivity index (χ4v) is 3.31. The molecule has 1 amide bonds. The number of benzene rings is 2. The Morgan fingerprint density at radius 2 is 1.88 bits per heavy atom. The third kappa shape index (κ3) is 4.84. The molecular weight excluding hydrogens is 486 g/mol. The Kier molecular flexibility index (Phi) is 6.09. The molecule has 0 saturated carbocycles. The van der Waals surface area contributed by atoms with Crippen molar-refractivity contribution in [2.24, 2.45) is 0 Å². The van der Waals surface area contributed by atoms with E-state index in [1.807, 2.05) is 0 Å². The standard InChI is InChI=1S/C22H12Cl2F3NO5/c23-12-4-6-16-13(9-12)19(30)21(20(33-16)17-2-1-7-31-17)32-10-18(29)28-15-8-11(22(25,26)27)3-5-14(15)24/h1-9H,10H2,(H,28,29). The minimum absolute atomic E-state index is 0.0651. The van der Waals surface area contributed by atoms with E-state index in [4.69, 9.17) is 36.8 Å². The van der Waals surface area contributed by atoms with Gasteiger partial charge in [-0.1, -0.05) is 23.2 Å². The zero-order chi connectivity index (χ0) is 23.8. The molecule has 4 aromatic rings. The summed E-state index contributed by atoms with van der Waals surface area (Å²) < 4.78 is 55.3. The molecule has 11 heteroatoms. The van der Waals surface area contributed by atoms with Crippen LogP contribution in [0.4, 0.5) is 18.9 Å². The highest BCUT2D eigenvalue weighted by atomic mass is 35.5. The summed E-state index contributed by atoms with van der Waals surface area (Å²) in [6.45, 7) is -0.725. The van der Waals surface area contributed by atoms with Crippen molar-refractivity contribution in [3.63, 3.8) is 0 Å². The van der Waals surface area contributed by atoms with Crippen LogP contribution in [0.1, 0.15) is 5.56 Å². The third-order valence-electron chi connectivity index (χ3n) is 4.47. The van der Waals surface area contributed by atoms with Crippen LogP contribution >= 0.6 is 23.2 Å². The molecule has 0 atom stereocenters. The van der Waals surface area contributed by atoms with E-state index in [2.05, 4.69) is 5.32 Å². The van der Waals surface area contributed by atoms with Gasteiger partial charge in [0, 0.05) is 5.02 Å². The summed E-state index contributed by atoms with van der Waals surface area (Å²) >= 11 is 11.9. The Morgan fingerprint density at radius 1 is 1.09 bits per heavy atom. The van der Waals surface area contributed by atoms with Crippen LogP contribution in [0.2, 0.25) is 10.0 Å². The van der Waals surface area contributed by atoms with Crippen LogP contribution in [0.3, 0.4) is 0 Å². The number of alkyl halides is 3. The van der Waals surface area contributed by atoms with E-state index in [0.29, 0.717) is 6.07 Å². The first-order valence-electron chi connectivity index (χ1n) is 9.23. The van der Waals surface area contributed by atoms with Crippen molar-refractivity contribution in [3.05, 3.63) is 80.6 Å². The molecule has 4 rings (SSSR count). The van der Waals surface area contributed by atoms with E-state index in [1.54, 1.807) is 6.07 Å². The van der Waals surface area contributed by atoms with Gasteiger partial charge >= 0.3 is 6.18 Å². The van der Waals surface area contributed by atoms with Crippen molar-refractivity contribution >= 4 is 45.8 Å². The maximum absolute atomic E-state index is 13.0. The normalized spacial score (nSPS) is 11.5. The number of anilines is 1. The van der Waals surface area contributed by atoms with E-state index in [0.717, 1.165) is 12.1 Å². The van der Waals surface area contributed by atoms with E-state index < -0.39 is 29.7 Å². The van der Waals surface area contributed by atoms with Crippen molar-refractivity contribution in [3.8, 4) is 17.3 Å². The van der Waals surface area contributed by atoms with Crippen LogP contribution in [0.25, 0.3) is 22.5 Å². The van der Waals surface area contributed by atoms with Crippen molar-refractivity contribution < 1.29 is 31.5 Å². The Morgan fingerprint density at radius 3 is 2.58 bits per heavy atom. The minimum atomic E-state index is -4.62. The molecule has 0 aliphatic carbocycles. The highest BCUT2D eigenvalue weighted by Crippen LogP contribution is 2.34. The molecule has 2 heterocycles. The van der Waals surface area contributed by atoms with Crippen LogP contribution in [0.5, 0.6) is 5.75 Å². The van der Waals surface area contributed by atoms with Gasteiger partial charge in [-0.15, -0.1) is 0 Å². The fraction of sp³-hybridized carbons (Fsp3) is 0.0909. The summed E-state index contributed by atoms with van der Waals surface area (Å²) in [5.41, 5.74) is -1.66. The van der Waals surface area contributed by atoms with Crippen LogP contribution in [0, 0.1) is 0 Å². The molecule has 0 bridgehead atoms. The molecule has 0 fully saturated rings. The topological polar surface area (TPSA) is 81.7 Å². The summed E-state index contributed by atoms with van der Waals surface area (Å²) in [4.78, 5) is 25.4. The van der Waals surface area contributed by atoms with Gasteiger partial charge in [-0.3, -0.25) is 9.59 Å².